The predicted octanol–water partition coefficient (Wildman–Crippen LogP) is 3.14. The normalized spacial score (nSPS) is 12.6. The molecular weight excluding hydrogens is 460 g/mol. The smallest absolute Gasteiger partial charge is 0.387 e. The first-order valence-electron chi connectivity index (χ1n) is 10.4. The second-order valence-electron chi connectivity index (χ2n) is 7.86. The lowest BCUT2D eigenvalue weighted by molar-refractivity contribution is -0.116. The molecule has 0 unspecified atom stereocenters. The Morgan fingerprint density at radius 2 is 1.76 bits per heavy atom. The molecule has 176 valence electrons. The van der Waals surface area contributed by atoms with E-state index in [2.05, 4.69) is 10.1 Å². The van der Waals surface area contributed by atoms with Crippen LogP contribution in [0.4, 0.5) is 8.78 Å². The summed E-state index contributed by atoms with van der Waals surface area (Å²) in [4.78, 5) is 26.3. The number of carbonyl (C=O) groups excluding carboxylic acids is 1. The van der Waals surface area contributed by atoms with Gasteiger partial charge in [0.2, 0.25) is 0 Å². The fraction of sp³-hybridized carbons (Fsp3) is 0.240. The maximum Gasteiger partial charge on any atom is 0.387 e. The number of hydrogen-bond donors (Lipinski definition) is 1. The van der Waals surface area contributed by atoms with Crippen LogP contribution in [0.15, 0.2) is 47.3 Å². The molecule has 1 N–H and O–H groups in total. The molecule has 0 bridgehead atoms. The van der Waals surface area contributed by atoms with Gasteiger partial charge in [-0.05, 0) is 62.6 Å². The van der Waals surface area contributed by atoms with Gasteiger partial charge in [-0.2, -0.15) is 14.0 Å². The summed E-state index contributed by atoms with van der Waals surface area (Å²) in [6.45, 7) is 4.32. The molecule has 9 heteroatoms. The molecule has 1 aromatic heterocycles. The number of halogens is 2. The maximum absolute atomic E-state index is 13.5. The molecule has 3 rings (SSSR count). The van der Waals surface area contributed by atoms with E-state index in [0.717, 1.165) is 22.5 Å². The van der Waals surface area contributed by atoms with Crippen LogP contribution in [0.2, 0.25) is 0 Å². The number of para-hydroxylation sites is 1. The number of aryl methyl sites for hydroxylation is 2. The zero-order valence-electron chi connectivity index (χ0n) is 19.1. The minimum absolute atomic E-state index is 0.00239. The van der Waals surface area contributed by atoms with Crippen LogP contribution in [-0.2, 0) is 4.79 Å². The number of thiazole rings is 1. The minimum atomic E-state index is -2.93. The Balaban J connectivity index is 2.32. The number of amides is 1. The first kappa shape index (κ1) is 24.9. The van der Waals surface area contributed by atoms with Crippen LogP contribution in [0, 0.1) is 25.2 Å². The fourth-order valence-electron chi connectivity index (χ4n) is 3.44. The van der Waals surface area contributed by atoms with Gasteiger partial charge in [0.15, 0.2) is 5.57 Å². The monoisotopic (exact) mass is 483 g/mol. The number of carbonyl (C=O) groups is 1. The molecule has 6 nitrogen and oxygen atoms in total. The lowest BCUT2D eigenvalue weighted by Gasteiger charge is -2.11. The molecule has 0 saturated carbocycles. The van der Waals surface area contributed by atoms with E-state index in [9.17, 15) is 23.6 Å². The van der Waals surface area contributed by atoms with Gasteiger partial charge in [0, 0.05) is 6.04 Å². The first-order chi connectivity index (χ1) is 16.1. The van der Waals surface area contributed by atoms with Crippen LogP contribution in [0.1, 0.15) is 30.5 Å². The Morgan fingerprint density at radius 1 is 1.15 bits per heavy atom. The molecule has 1 amide bonds. The number of nitrogens with one attached hydrogen (secondary N) is 1. The molecule has 0 aliphatic rings. The van der Waals surface area contributed by atoms with E-state index in [0.29, 0.717) is 11.3 Å². The lowest BCUT2D eigenvalue weighted by atomic mass is 10.1. The number of nitriles is 1. The zero-order valence-corrected chi connectivity index (χ0v) is 19.9. The van der Waals surface area contributed by atoms with Gasteiger partial charge in [-0.3, -0.25) is 14.2 Å². The van der Waals surface area contributed by atoms with Gasteiger partial charge in [0.1, 0.15) is 16.5 Å². The molecule has 0 aliphatic carbocycles. The molecule has 0 radical (unpaired) electrons. The van der Waals surface area contributed by atoms with Gasteiger partial charge < -0.3 is 10.1 Å². The van der Waals surface area contributed by atoms with Crippen molar-refractivity contribution in [2.75, 3.05) is 0 Å². The van der Waals surface area contributed by atoms with Gasteiger partial charge >= 0.3 is 6.61 Å². The summed E-state index contributed by atoms with van der Waals surface area (Å²) in [6, 6.07) is 13.2. The number of aromatic nitrogens is 1. The summed E-state index contributed by atoms with van der Waals surface area (Å²) in [7, 11) is 0. The highest BCUT2D eigenvalue weighted by Crippen LogP contribution is 2.17. The summed E-state index contributed by atoms with van der Waals surface area (Å²) in [6.07, 6.45) is 1.59. The van der Waals surface area contributed by atoms with Crippen molar-refractivity contribution in [1.29, 1.82) is 5.26 Å². The van der Waals surface area contributed by atoms with E-state index in [1.165, 1.54) is 16.7 Å². The number of ether oxygens (including phenoxy) is 1. The predicted molar refractivity (Wildman–Crippen MR) is 128 cm³/mol. The third kappa shape index (κ3) is 5.41. The topological polar surface area (TPSA) is 84.1 Å². The largest absolute Gasteiger partial charge is 0.435 e. The second kappa shape index (κ2) is 10.4. The van der Waals surface area contributed by atoms with Crippen molar-refractivity contribution in [1.82, 2.24) is 9.88 Å². The number of nitrogens with zero attached hydrogens (tertiary/aromatic N) is 2. The number of rotatable bonds is 6. The van der Waals surface area contributed by atoms with Gasteiger partial charge in [-0.25, -0.2) is 0 Å². The summed E-state index contributed by atoms with van der Waals surface area (Å²) >= 11 is 1.02. The third-order valence-electron chi connectivity index (χ3n) is 4.86. The molecule has 0 saturated heterocycles. The van der Waals surface area contributed by atoms with E-state index in [4.69, 9.17) is 0 Å². The first-order valence-corrected chi connectivity index (χ1v) is 11.2. The van der Waals surface area contributed by atoms with Crippen LogP contribution in [0.3, 0.4) is 0 Å². The van der Waals surface area contributed by atoms with Crippen molar-refractivity contribution in [3.8, 4) is 17.5 Å². The van der Waals surface area contributed by atoms with Crippen molar-refractivity contribution < 1.29 is 18.3 Å². The van der Waals surface area contributed by atoms with Gasteiger partial charge in [0.05, 0.1) is 10.2 Å². The van der Waals surface area contributed by atoms with Crippen LogP contribution in [-0.4, -0.2) is 23.1 Å². The fourth-order valence-corrected chi connectivity index (χ4v) is 4.53. The molecule has 0 fully saturated rings. The maximum atomic E-state index is 13.5. The van der Waals surface area contributed by atoms with E-state index >= 15 is 0 Å². The molecule has 0 spiro atoms. The number of hydrogen-bond acceptors (Lipinski definition) is 5. The van der Waals surface area contributed by atoms with Crippen LogP contribution < -0.4 is 24.8 Å². The van der Waals surface area contributed by atoms with E-state index in [-0.39, 0.29) is 26.6 Å². The lowest BCUT2D eigenvalue weighted by Crippen LogP contribution is -2.36. The van der Waals surface area contributed by atoms with Crippen molar-refractivity contribution in [3.63, 3.8) is 0 Å². The van der Waals surface area contributed by atoms with Crippen molar-refractivity contribution in [2.45, 2.75) is 40.3 Å². The SMILES string of the molecule is Cc1cccc(C)c1-n1c(=O)/c(=C/c2ccc(OC(F)F)cc2)s/c1=C(\C#N)C(=O)NC(C)C. The Bertz CT molecular complexity index is 1410. The molecule has 34 heavy (non-hydrogen) atoms. The summed E-state index contributed by atoms with van der Waals surface area (Å²) in [5.41, 5.74) is 2.23. The van der Waals surface area contributed by atoms with Gasteiger partial charge in [0.25, 0.3) is 11.5 Å². The summed E-state index contributed by atoms with van der Waals surface area (Å²) in [5, 5.41) is 12.5. The van der Waals surface area contributed by atoms with E-state index in [1.807, 2.05) is 38.1 Å². The molecule has 0 atom stereocenters. The van der Waals surface area contributed by atoms with Gasteiger partial charge in [-0.1, -0.05) is 30.3 Å². The second-order valence-corrected chi connectivity index (χ2v) is 8.89. The molecule has 3 aromatic rings. The Hall–Kier alpha value is -3.77. The highest BCUT2D eigenvalue weighted by molar-refractivity contribution is 7.07. The minimum Gasteiger partial charge on any atom is -0.435 e. The number of alkyl halides is 2. The average Bonchev–Trinajstić information content (AvgIpc) is 3.05. The number of benzene rings is 2. The quantitative estimate of drug-likeness (QED) is 0.584. The summed E-state index contributed by atoms with van der Waals surface area (Å²) in [5.74, 6) is -0.573. The van der Waals surface area contributed by atoms with E-state index in [1.54, 1.807) is 32.1 Å². The molecule has 0 aliphatic heterocycles. The van der Waals surface area contributed by atoms with E-state index < -0.39 is 18.1 Å². The Labute approximate surface area is 199 Å². The van der Waals surface area contributed by atoms with Crippen LogP contribution in [0.5, 0.6) is 5.75 Å². The highest BCUT2D eigenvalue weighted by Gasteiger charge is 2.19. The van der Waals surface area contributed by atoms with Gasteiger partial charge in [-0.15, -0.1) is 11.3 Å². The molecule has 2 aromatic carbocycles. The van der Waals surface area contributed by atoms with Crippen molar-refractivity contribution in [3.05, 3.63) is 78.7 Å². The molecule has 1 heterocycles. The van der Waals surface area contributed by atoms with Crippen LogP contribution in [0.25, 0.3) is 17.3 Å². The highest BCUT2D eigenvalue weighted by atomic mass is 32.1. The average molecular weight is 484 g/mol. The summed E-state index contributed by atoms with van der Waals surface area (Å²) < 4.78 is 31.1. The Kier molecular flexibility index (Phi) is 7.64. The zero-order chi connectivity index (χ0) is 25.0. The van der Waals surface area contributed by atoms with Crippen LogP contribution >= 0.6 is 11.3 Å². The third-order valence-corrected chi connectivity index (χ3v) is 5.95. The standard InChI is InChI=1S/C25H23F2N3O3S/c1-14(2)29-22(31)19(13-28)24-30(21-15(3)6-5-7-16(21)4)23(32)20(34-24)12-17-8-10-18(11-9-17)33-25(26)27/h5-12,14,25H,1-4H3,(H,29,31)/b20-12-,24-19+. The molecular formula is C25H23F2N3O3S. The Morgan fingerprint density at radius 3 is 2.29 bits per heavy atom. The van der Waals surface area contributed by atoms with Crippen molar-refractivity contribution >= 4 is 28.9 Å². The van der Waals surface area contributed by atoms with Crippen molar-refractivity contribution in [2.24, 2.45) is 0 Å².